The molecule has 170 valence electrons. The van der Waals surface area contributed by atoms with Crippen molar-refractivity contribution >= 4 is 23.9 Å². The van der Waals surface area contributed by atoms with Crippen molar-refractivity contribution in [3.8, 4) is 0 Å². The zero-order chi connectivity index (χ0) is 16.7. The number of esters is 4. The van der Waals surface area contributed by atoms with Gasteiger partial charge in [-0.3, -0.25) is 19.2 Å². The first-order valence-corrected chi connectivity index (χ1v) is 7.24. The molecule has 2 saturated heterocycles. The zero-order valence-electron chi connectivity index (χ0n) is 13.1. The number of ether oxygens (including phenoxy) is 3. The highest BCUT2D eigenvalue weighted by Crippen LogP contribution is 2.45. The number of cyclic esters (lactones) is 3. The normalized spacial score (nSPS) is 26.8. The van der Waals surface area contributed by atoms with Crippen LogP contribution in [0.4, 0.5) is 0 Å². The van der Waals surface area contributed by atoms with Crippen LogP contribution in [0.5, 0.6) is 0 Å². The van der Waals surface area contributed by atoms with Crippen LogP contribution in [-0.4, -0.2) is 37.1 Å². The molecule has 2 aliphatic rings. The van der Waals surface area contributed by atoms with Gasteiger partial charge in [0.2, 0.25) is 0 Å². The van der Waals surface area contributed by atoms with Gasteiger partial charge < -0.3 is 14.2 Å². The van der Waals surface area contributed by atoms with Gasteiger partial charge in [-0.1, -0.05) is 58.4 Å². The summed E-state index contributed by atoms with van der Waals surface area (Å²) < 4.78 is 14.7. The van der Waals surface area contributed by atoms with E-state index in [-0.39, 0.29) is 69.3 Å². The molecule has 0 amide bonds. The smallest absolute Gasteiger partial charge is 0.318 e. The average Bonchev–Trinajstić information content (AvgIpc) is 2.88. The van der Waals surface area contributed by atoms with Gasteiger partial charge in [0.25, 0.3) is 0 Å². The van der Waals surface area contributed by atoms with E-state index in [0.717, 1.165) is 0 Å². The van der Waals surface area contributed by atoms with Crippen molar-refractivity contribution in [1.82, 2.24) is 0 Å². The summed E-state index contributed by atoms with van der Waals surface area (Å²) in [5.74, 6) is -4.10. The van der Waals surface area contributed by atoms with Crippen molar-refractivity contribution in [2.45, 2.75) is 84.3 Å². The summed E-state index contributed by atoms with van der Waals surface area (Å²) in [7, 11) is 1.22. The minimum Gasteiger partial charge on any atom is -0.469 e. The Bertz CT molecular complexity index is 529. The molecule has 2 heterocycles. The second kappa shape index (κ2) is 13.3. The molecule has 0 saturated carbocycles. The van der Waals surface area contributed by atoms with E-state index in [1.54, 1.807) is 13.8 Å². The van der Waals surface area contributed by atoms with Crippen molar-refractivity contribution in [3.63, 3.8) is 0 Å². The molecule has 5 atom stereocenters. The highest BCUT2D eigenvalue weighted by molar-refractivity contribution is 5.99. The third kappa shape index (κ3) is 6.31. The van der Waals surface area contributed by atoms with Gasteiger partial charge in [-0.2, -0.15) is 0 Å². The predicted molar refractivity (Wildman–Crippen MR) is 113 cm³/mol. The molecule has 2 aliphatic heterocycles. The minimum absolute atomic E-state index is 0. The van der Waals surface area contributed by atoms with Crippen LogP contribution in [0.3, 0.4) is 0 Å². The van der Waals surface area contributed by atoms with Gasteiger partial charge >= 0.3 is 23.9 Å². The Kier molecular flexibility index (Phi) is 17.5. The quantitative estimate of drug-likeness (QED) is 0.379. The van der Waals surface area contributed by atoms with Gasteiger partial charge in [0, 0.05) is 12.3 Å². The van der Waals surface area contributed by atoms with Crippen LogP contribution in [0.1, 0.15) is 78.2 Å². The molecule has 0 bridgehead atoms. The van der Waals surface area contributed by atoms with Crippen LogP contribution in [0.15, 0.2) is 0 Å². The molecule has 7 nitrogen and oxygen atoms in total. The molecule has 0 radical (unpaired) electrons. The first-order chi connectivity index (χ1) is 10.2. The SMILES string of the molecule is C.C.C.C.C.C.COC(=O)C(C)(CC1OC(=O)CC1C)C1C(=O)OC(=O)C1C. The Labute approximate surface area is 172 Å². The van der Waals surface area contributed by atoms with E-state index in [9.17, 15) is 19.2 Å². The van der Waals surface area contributed by atoms with E-state index in [1.807, 2.05) is 6.92 Å². The summed E-state index contributed by atoms with van der Waals surface area (Å²) in [5.41, 5.74) is -1.29. The Morgan fingerprint density at radius 2 is 1.54 bits per heavy atom. The molecule has 2 fully saturated rings. The van der Waals surface area contributed by atoms with Crippen LogP contribution in [-0.2, 0) is 33.4 Å². The largest absolute Gasteiger partial charge is 0.469 e. The second-order valence-corrected chi connectivity index (χ2v) is 6.33. The molecule has 0 aromatic rings. The standard InChI is InChI=1S/C15H20O7.6CH4/c1-7-5-10(16)21-9(7)6-15(3,14(19)20-4)11-8(2)12(17)22-13(11)18;;;;;;/h7-9,11H,5-6H2,1-4H3;6*1H4. The van der Waals surface area contributed by atoms with Crippen molar-refractivity contribution in [3.05, 3.63) is 0 Å². The highest BCUT2D eigenvalue weighted by Gasteiger charge is 2.57. The molecule has 0 aromatic heterocycles. The molecule has 7 heteroatoms. The minimum atomic E-state index is -1.29. The van der Waals surface area contributed by atoms with Gasteiger partial charge in [-0.25, -0.2) is 0 Å². The van der Waals surface area contributed by atoms with Gasteiger partial charge in [0.05, 0.1) is 30.8 Å². The number of hydrogen-bond acceptors (Lipinski definition) is 7. The Morgan fingerprint density at radius 3 is 1.86 bits per heavy atom. The number of carbonyl (C=O) groups is 4. The monoisotopic (exact) mass is 408 g/mol. The maximum absolute atomic E-state index is 12.3. The number of rotatable bonds is 4. The summed E-state index contributed by atoms with van der Waals surface area (Å²) in [6.07, 6.45) is -0.109. The molecule has 0 aromatic carbocycles. The number of carbonyl (C=O) groups excluding carboxylic acids is 4. The Hall–Kier alpha value is -1.92. The predicted octanol–water partition coefficient (Wildman–Crippen LogP) is 4.66. The van der Waals surface area contributed by atoms with Gasteiger partial charge in [-0.15, -0.1) is 0 Å². The van der Waals surface area contributed by atoms with Crippen molar-refractivity contribution in [2.24, 2.45) is 23.2 Å². The molecule has 0 spiro atoms. The van der Waals surface area contributed by atoms with E-state index < -0.39 is 41.3 Å². The molecular weight excluding hydrogens is 364 g/mol. The number of hydrogen-bond donors (Lipinski definition) is 0. The maximum Gasteiger partial charge on any atom is 0.318 e. The third-order valence-electron chi connectivity index (χ3n) is 4.70. The Balaban J connectivity index is -0.000000294. The summed E-state index contributed by atoms with van der Waals surface area (Å²) in [4.78, 5) is 47.4. The zero-order valence-corrected chi connectivity index (χ0v) is 13.1. The Morgan fingerprint density at radius 1 is 1.04 bits per heavy atom. The summed E-state index contributed by atoms with van der Waals surface area (Å²) in [6, 6.07) is 0. The molecule has 0 N–H and O–H groups in total. The van der Waals surface area contributed by atoms with E-state index in [4.69, 9.17) is 9.47 Å². The summed E-state index contributed by atoms with van der Waals surface area (Å²) >= 11 is 0. The summed E-state index contributed by atoms with van der Waals surface area (Å²) in [5, 5.41) is 0. The van der Waals surface area contributed by atoms with E-state index in [2.05, 4.69) is 4.74 Å². The fourth-order valence-corrected chi connectivity index (χ4v) is 3.37. The highest BCUT2D eigenvalue weighted by atomic mass is 16.6. The van der Waals surface area contributed by atoms with Gasteiger partial charge in [0.15, 0.2) is 0 Å². The van der Waals surface area contributed by atoms with Crippen molar-refractivity contribution in [2.75, 3.05) is 7.11 Å². The lowest BCUT2D eigenvalue weighted by molar-refractivity contribution is -0.166. The topological polar surface area (TPSA) is 96.0 Å². The summed E-state index contributed by atoms with van der Waals surface area (Å²) in [6.45, 7) is 4.94. The van der Waals surface area contributed by atoms with Gasteiger partial charge in [0.1, 0.15) is 6.10 Å². The molecule has 2 rings (SSSR count). The lowest BCUT2D eigenvalue weighted by atomic mass is 9.68. The van der Waals surface area contributed by atoms with Gasteiger partial charge in [-0.05, 0) is 6.92 Å². The van der Waals surface area contributed by atoms with E-state index in [0.29, 0.717) is 0 Å². The second-order valence-electron chi connectivity index (χ2n) is 6.33. The van der Waals surface area contributed by atoms with Crippen LogP contribution < -0.4 is 0 Å². The van der Waals surface area contributed by atoms with Crippen LogP contribution in [0.2, 0.25) is 0 Å². The molecule has 28 heavy (non-hydrogen) atoms. The number of methoxy groups -OCH3 is 1. The van der Waals surface area contributed by atoms with Crippen LogP contribution in [0, 0.1) is 23.2 Å². The third-order valence-corrected chi connectivity index (χ3v) is 4.70. The fraction of sp³-hybridized carbons (Fsp3) is 0.810. The van der Waals surface area contributed by atoms with Crippen molar-refractivity contribution in [1.29, 1.82) is 0 Å². The lowest BCUT2D eigenvalue weighted by Crippen LogP contribution is -2.45. The van der Waals surface area contributed by atoms with E-state index >= 15 is 0 Å². The first kappa shape index (κ1) is 36.9. The molecular formula is C21H44O7. The van der Waals surface area contributed by atoms with E-state index in [1.165, 1.54) is 7.11 Å². The first-order valence-electron chi connectivity index (χ1n) is 7.24. The van der Waals surface area contributed by atoms with Crippen molar-refractivity contribution < 1.29 is 33.4 Å². The average molecular weight is 409 g/mol. The molecule has 5 unspecified atom stereocenters. The van der Waals surface area contributed by atoms with Crippen LogP contribution >= 0.6 is 0 Å². The molecule has 0 aliphatic carbocycles. The fourth-order valence-electron chi connectivity index (χ4n) is 3.37. The van der Waals surface area contributed by atoms with Crippen LogP contribution in [0.25, 0.3) is 0 Å². The lowest BCUT2D eigenvalue weighted by Gasteiger charge is -2.34. The maximum atomic E-state index is 12.3.